The van der Waals surface area contributed by atoms with Crippen molar-refractivity contribution in [3.05, 3.63) is 90.5 Å². The first kappa shape index (κ1) is 24.8. The summed E-state index contributed by atoms with van der Waals surface area (Å²) in [5, 5.41) is 13.5. The van der Waals surface area contributed by atoms with Crippen molar-refractivity contribution in [1.82, 2.24) is 4.98 Å². The number of carbonyl (C=O) groups is 1. The maximum atomic E-state index is 12.7. The second kappa shape index (κ2) is 11.9. The molecule has 0 aliphatic heterocycles. The number of hydrogen-bond acceptors (Lipinski definition) is 6. The van der Waals surface area contributed by atoms with Gasteiger partial charge in [0, 0.05) is 29.4 Å². The molecule has 7 heteroatoms. The molecular formula is C29H25N3O3S. The van der Waals surface area contributed by atoms with Gasteiger partial charge in [-0.1, -0.05) is 60.7 Å². The standard InChI is InChI=1S/C29H25N3O3S/c1-34-22-13-14-27(35-2)26(17-22)31-28(33)15-16-36-29-24(19-30)23(20-9-5-3-6-10-20)18-25(32-29)21-11-7-4-8-12-21/h3-14,17-18H,15-16H2,1-2H3,(H,31,33). The Balaban J connectivity index is 1.57. The second-order valence-electron chi connectivity index (χ2n) is 7.79. The minimum absolute atomic E-state index is 0.171. The van der Waals surface area contributed by atoms with Gasteiger partial charge < -0.3 is 14.8 Å². The van der Waals surface area contributed by atoms with Crippen LogP contribution in [0.15, 0.2) is 90.0 Å². The van der Waals surface area contributed by atoms with E-state index in [-0.39, 0.29) is 12.3 Å². The summed E-state index contributed by atoms with van der Waals surface area (Å²) in [4.78, 5) is 17.5. The zero-order valence-corrected chi connectivity index (χ0v) is 20.8. The summed E-state index contributed by atoms with van der Waals surface area (Å²) in [6.45, 7) is 0. The van der Waals surface area contributed by atoms with Gasteiger partial charge in [0.25, 0.3) is 0 Å². The number of hydrogen-bond donors (Lipinski definition) is 1. The number of nitriles is 1. The summed E-state index contributed by atoms with van der Waals surface area (Å²) in [5.41, 5.74) is 4.55. The van der Waals surface area contributed by atoms with E-state index in [1.807, 2.05) is 66.7 Å². The number of nitrogens with one attached hydrogen (secondary N) is 1. The van der Waals surface area contributed by atoms with Gasteiger partial charge in [-0.2, -0.15) is 5.26 Å². The lowest BCUT2D eigenvalue weighted by Gasteiger charge is -2.13. The maximum Gasteiger partial charge on any atom is 0.225 e. The molecule has 0 fully saturated rings. The lowest BCUT2D eigenvalue weighted by Crippen LogP contribution is -2.13. The van der Waals surface area contributed by atoms with Gasteiger partial charge in [0.05, 0.1) is 31.2 Å². The summed E-state index contributed by atoms with van der Waals surface area (Å²) >= 11 is 1.40. The largest absolute Gasteiger partial charge is 0.497 e. The van der Waals surface area contributed by atoms with Crippen LogP contribution in [0.3, 0.4) is 0 Å². The predicted molar refractivity (Wildman–Crippen MR) is 143 cm³/mol. The average molecular weight is 496 g/mol. The van der Waals surface area contributed by atoms with E-state index in [1.165, 1.54) is 11.8 Å². The average Bonchev–Trinajstić information content (AvgIpc) is 2.93. The minimum Gasteiger partial charge on any atom is -0.497 e. The van der Waals surface area contributed by atoms with Gasteiger partial charge in [0.15, 0.2) is 0 Å². The lowest BCUT2D eigenvalue weighted by molar-refractivity contribution is -0.115. The molecule has 36 heavy (non-hydrogen) atoms. The van der Waals surface area contributed by atoms with Crippen LogP contribution in [0, 0.1) is 11.3 Å². The van der Waals surface area contributed by atoms with Crippen LogP contribution in [0.5, 0.6) is 11.5 Å². The number of aromatic nitrogens is 1. The van der Waals surface area contributed by atoms with Gasteiger partial charge in [-0.3, -0.25) is 4.79 Å². The molecule has 3 aromatic carbocycles. The molecule has 4 rings (SSSR count). The number of benzene rings is 3. The highest BCUT2D eigenvalue weighted by molar-refractivity contribution is 7.99. The van der Waals surface area contributed by atoms with E-state index in [9.17, 15) is 10.1 Å². The molecule has 1 aromatic heterocycles. The molecule has 1 heterocycles. The number of methoxy groups -OCH3 is 2. The Labute approximate surface area is 214 Å². The number of amides is 1. The van der Waals surface area contributed by atoms with E-state index in [1.54, 1.807) is 32.4 Å². The number of carbonyl (C=O) groups excluding carboxylic acids is 1. The van der Waals surface area contributed by atoms with Crippen molar-refractivity contribution < 1.29 is 14.3 Å². The van der Waals surface area contributed by atoms with Crippen LogP contribution < -0.4 is 14.8 Å². The number of rotatable bonds is 9. The van der Waals surface area contributed by atoms with Crippen LogP contribution in [0.25, 0.3) is 22.4 Å². The first-order chi connectivity index (χ1) is 17.6. The van der Waals surface area contributed by atoms with Gasteiger partial charge in [-0.15, -0.1) is 11.8 Å². The lowest BCUT2D eigenvalue weighted by atomic mass is 9.99. The summed E-state index contributed by atoms with van der Waals surface area (Å²) in [5.74, 6) is 1.45. The monoisotopic (exact) mass is 495 g/mol. The van der Waals surface area contributed by atoms with Gasteiger partial charge in [0.1, 0.15) is 22.6 Å². The third kappa shape index (κ3) is 5.85. The van der Waals surface area contributed by atoms with Crippen molar-refractivity contribution in [2.75, 3.05) is 25.3 Å². The SMILES string of the molecule is COc1ccc(OC)c(NC(=O)CCSc2nc(-c3ccccc3)cc(-c3ccccc3)c2C#N)c1. The molecule has 180 valence electrons. The van der Waals surface area contributed by atoms with E-state index in [4.69, 9.17) is 14.5 Å². The molecule has 0 atom stereocenters. The van der Waals surface area contributed by atoms with E-state index in [0.717, 1.165) is 22.4 Å². The molecule has 1 amide bonds. The molecule has 0 saturated heterocycles. The Kier molecular flexibility index (Phi) is 8.22. The van der Waals surface area contributed by atoms with Crippen molar-refractivity contribution >= 4 is 23.4 Å². The molecule has 0 spiro atoms. The predicted octanol–water partition coefficient (Wildman–Crippen LogP) is 6.43. The fraction of sp³-hybridized carbons (Fsp3) is 0.138. The summed E-state index contributed by atoms with van der Waals surface area (Å²) in [6, 6.07) is 29.2. The Bertz CT molecular complexity index is 1390. The Morgan fingerprint density at radius 3 is 2.28 bits per heavy atom. The third-order valence-electron chi connectivity index (χ3n) is 5.50. The maximum absolute atomic E-state index is 12.7. The molecule has 0 aliphatic rings. The Morgan fingerprint density at radius 2 is 1.64 bits per heavy atom. The molecule has 4 aromatic rings. The molecule has 0 bridgehead atoms. The fourth-order valence-corrected chi connectivity index (χ4v) is 4.64. The van der Waals surface area contributed by atoms with Crippen LogP contribution in [-0.4, -0.2) is 30.9 Å². The summed E-state index contributed by atoms with van der Waals surface area (Å²) in [6.07, 6.45) is 0.230. The number of pyridine rings is 1. The third-order valence-corrected chi connectivity index (χ3v) is 6.48. The first-order valence-electron chi connectivity index (χ1n) is 11.3. The van der Waals surface area contributed by atoms with Gasteiger partial charge >= 0.3 is 0 Å². The van der Waals surface area contributed by atoms with Crippen molar-refractivity contribution in [3.8, 4) is 40.0 Å². The van der Waals surface area contributed by atoms with Crippen molar-refractivity contribution in [2.24, 2.45) is 0 Å². The summed E-state index contributed by atoms with van der Waals surface area (Å²) in [7, 11) is 3.11. The van der Waals surface area contributed by atoms with E-state index >= 15 is 0 Å². The van der Waals surface area contributed by atoms with E-state index in [2.05, 4.69) is 11.4 Å². The number of nitrogens with zero attached hydrogens (tertiary/aromatic N) is 2. The highest BCUT2D eigenvalue weighted by atomic mass is 32.2. The molecule has 0 aliphatic carbocycles. The minimum atomic E-state index is -0.171. The van der Waals surface area contributed by atoms with Gasteiger partial charge in [-0.25, -0.2) is 4.98 Å². The molecule has 0 saturated carbocycles. The van der Waals surface area contributed by atoms with Crippen molar-refractivity contribution in [2.45, 2.75) is 11.4 Å². The van der Waals surface area contributed by atoms with Crippen LogP contribution >= 0.6 is 11.8 Å². The highest BCUT2D eigenvalue weighted by Gasteiger charge is 2.17. The smallest absolute Gasteiger partial charge is 0.225 e. The first-order valence-corrected chi connectivity index (χ1v) is 12.3. The zero-order chi connectivity index (χ0) is 25.3. The molecular weight excluding hydrogens is 470 g/mol. The van der Waals surface area contributed by atoms with Gasteiger partial charge in [0.2, 0.25) is 5.91 Å². The van der Waals surface area contributed by atoms with Crippen LogP contribution in [0.4, 0.5) is 5.69 Å². The Hall–Kier alpha value is -4.28. The number of thioether (sulfide) groups is 1. The number of anilines is 1. The number of ether oxygens (including phenoxy) is 2. The van der Waals surface area contributed by atoms with Crippen molar-refractivity contribution in [1.29, 1.82) is 5.26 Å². The molecule has 6 nitrogen and oxygen atoms in total. The fourth-order valence-electron chi connectivity index (χ4n) is 3.70. The molecule has 0 unspecified atom stereocenters. The Morgan fingerprint density at radius 1 is 0.944 bits per heavy atom. The molecule has 1 N–H and O–H groups in total. The normalized spacial score (nSPS) is 10.4. The van der Waals surface area contributed by atoms with Gasteiger partial charge in [-0.05, 0) is 23.8 Å². The highest BCUT2D eigenvalue weighted by Crippen LogP contribution is 2.34. The van der Waals surface area contributed by atoms with Crippen LogP contribution in [0.1, 0.15) is 12.0 Å². The van der Waals surface area contributed by atoms with E-state index < -0.39 is 0 Å². The molecule has 0 radical (unpaired) electrons. The topological polar surface area (TPSA) is 84.2 Å². The van der Waals surface area contributed by atoms with Crippen LogP contribution in [0.2, 0.25) is 0 Å². The van der Waals surface area contributed by atoms with Crippen molar-refractivity contribution in [3.63, 3.8) is 0 Å². The second-order valence-corrected chi connectivity index (χ2v) is 8.88. The quantitative estimate of drug-likeness (QED) is 0.270. The summed E-state index contributed by atoms with van der Waals surface area (Å²) < 4.78 is 10.6. The van der Waals surface area contributed by atoms with E-state index in [0.29, 0.717) is 33.5 Å². The zero-order valence-electron chi connectivity index (χ0n) is 20.0. The van der Waals surface area contributed by atoms with Crippen LogP contribution in [-0.2, 0) is 4.79 Å².